The third-order valence-electron chi connectivity index (χ3n) is 5.54. The minimum absolute atomic E-state index is 0.106. The lowest BCUT2D eigenvalue weighted by atomic mass is 9.93. The summed E-state index contributed by atoms with van der Waals surface area (Å²) in [5, 5.41) is 3.18. The van der Waals surface area contributed by atoms with Crippen molar-refractivity contribution in [2.75, 3.05) is 26.4 Å². The highest BCUT2D eigenvalue weighted by atomic mass is 19.1. The number of amides is 1. The molecular weight excluding hydrogens is 414 g/mol. The number of carbonyl (C=O) groups is 1. The number of hydrogen-bond acceptors (Lipinski definition) is 4. The van der Waals surface area contributed by atoms with Crippen molar-refractivity contribution in [1.82, 2.24) is 10.2 Å². The van der Waals surface area contributed by atoms with Crippen LogP contribution < -0.4 is 10.1 Å². The van der Waals surface area contributed by atoms with Crippen LogP contribution >= 0.6 is 0 Å². The Morgan fingerprint density at radius 2 is 1.81 bits per heavy atom. The van der Waals surface area contributed by atoms with E-state index in [2.05, 4.69) is 19.2 Å². The van der Waals surface area contributed by atoms with Gasteiger partial charge in [-0.15, -0.1) is 0 Å². The second-order valence-electron chi connectivity index (χ2n) is 8.63. The Balaban J connectivity index is 1.66. The average Bonchev–Trinajstić information content (AvgIpc) is 2.81. The molecule has 1 saturated heterocycles. The first-order valence-corrected chi connectivity index (χ1v) is 11.1. The van der Waals surface area contributed by atoms with Crippen molar-refractivity contribution >= 4 is 6.09 Å². The van der Waals surface area contributed by atoms with Gasteiger partial charge >= 0.3 is 6.09 Å². The molecular formula is C25H32F2N2O3. The molecule has 1 amide bonds. The largest absolute Gasteiger partial charge is 0.493 e. The maximum Gasteiger partial charge on any atom is 0.410 e. The van der Waals surface area contributed by atoms with Gasteiger partial charge in [0.2, 0.25) is 0 Å². The van der Waals surface area contributed by atoms with Gasteiger partial charge in [-0.3, -0.25) is 4.39 Å². The van der Waals surface area contributed by atoms with Crippen molar-refractivity contribution in [3.63, 3.8) is 0 Å². The normalized spacial score (nSPS) is 18.4. The number of benzene rings is 2. The zero-order chi connectivity index (χ0) is 22.9. The number of nitrogens with one attached hydrogen (secondary N) is 1. The van der Waals surface area contributed by atoms with Crippen LogP contribution in [-0.2, 0) is 17.9 Å². The summed E-state index contributed by atoms with van der Waals surface area (Å²) in [6.45, 7) is 5.83. The van der Waals surface area contributed by atoms with Crippen molar-refractivity contribution in [2.24, 2.45) is 11.8 Å². The van der Waals surface area contributed by atoms with Gasteiger partial charge in [-0.1, -0.05) is 38.1 Å². The standard InChI is InChI=1S/C25H32F2N2O3/c1-18(2)16-31-23-9-5-20(6-10-23)17-32-25(30)29(15-19-3-7-22(27)8-4-19)24-11-12-28-14-21(24)13-26/h3-10,18,21,24,28H,11-17H2,1-2H3/t21-,24+/m1/s1. The summed E-state index contributed by atoms with van der Waals surface area (Å²) in [5.74, 6) is 0.555. The molecule has 0 unspecified atom stereocenters. The SMILES string of the molecule is CC(C)COc1ccc(COC(=O)N(Cc2ccc(F)cc2)[C@H]2CCNC[C@H]2CF)cc1. The second-order valence-corrected chi connectivity index (χ2v) is 8.63. The van der Waals surface area contributed by atoms with Crippen molar-refractivity contribution < 1.29 is 23.0 Å². The van der Waals surface area contributed by atoms with Crippen LogP contribution in [-0.4, -0.2) is 43.4 Å². The quantitative estimate of drug-likeness (QED) is 0.592. The number of rotatable bonds is 9. The van der Waals surface area contributed by atoms with Gasteiger partial charge in [-0.25, -0.2) is 9.18 Å². The second kappa shape index (κ2) is 11.8. The Labute approximate surface area is 188 Å². The molecule has 2 aromatic rings. The Hall–Kier alpha value is -2.67. The third-order valence-corrected chi connectivity index (χ3v) is 5.54. The molecule has 0 aromatic heterocycles. The monoisotopic (exact) mass is 446 g/mol. The first-order valence-electron chi connectivity index (χ1n) is 11.1. The Kier molecular flexibility index (Phi) is 8.85. The predicted molar refractivity (Wildman–Crippen MR) is 120 cm³/mol. The average molecular weight is 447 g/mol. The van der Waals surface area contributed by atoms with E-state index in [9.17, 15) is 13.6 Å². The van der Waals surface area contributed by atoms with E-state index in [4.69, 9.17) is 9.47 Å². The molecule has 0 bridgehead atoms. The first-order chi connectivity index (χ1) is 15.5. The van der Waals surface area contributed by atoms with Crippen LogP contribution in [0.2, 0.25) is 0 Å². The number of ether oxygens (including phenoxy) is 2. The molecule has 1 aliphatic heterocycles. The van der Waals surface area contributed by atoms with Crippen LogP contribution in [0.25, 0.3) is 0 Å². The van der Waals surface area contributed by atoms with Crippen LogP contribution in [0, 0.1) is 17.7 Å². The molecule has 1 heterocycles. The minimum Gasteiger partial charge on any atom is -0.493 e. The van der Waals surface area contributed by atoms with E-state index in [0.717, 1.165) is 16.9 Å². The highest BCUT2D eigenvalue weighted by molar-refractivity contribution is 5.68. The summed E-state index contributed by atoms with van der Waals surface area (Å²) in [6, 6.07) is 13.1. The molecule has 0 radical (unpaired) electrons. The molecule has 7 heteroatoms. The number of piperidine rings is 1. The van der Waals surface area contributed by atoms with E-state index in [0.29, 0.717) is 32.0 Å². The smallest absolute Gasteiger partial charge is 0.410 e. The molecule has 0 spiro atoms. The van der Waals surface area contributed by atoms with Crippen molar-refractivity contribution in [2.45, 2.75) is 39.5 Å². The molecule has 2 aromatic carbocycles. The predicted octanol–water partition coefficient (Wildman–Crippen LogP) is 4.95. The van der Waals surface area contributed by atoms with E-state index >= 15 is 0 Å². The van der Waals surface area contributed by atoms with Gasteiger partial charge in [0, 0.05) is 25.0 Å². The molecule has 2 atom stereocenters. The van der Waals surface area contributed by atoms with Gasteiger partial charge in [0.1, 0.15) is 18.2 Å². The number of carbonyl (C=O) groups excluding carboxylic acids is 1. The third kappa shape index (κ3) is 6.92. The Morgan fingerprint density at radius 3 is 2.47 bits per heavy atom. The van der Waals surface area contributed by atoms with E-state index < -0.39 is 12.8 Å². The zero-order valence-electron chi connectivity index (χ0n) is 18.7. The maximum atomic E-state index is 13.7. The zero-order valence-corrected chi connectivity index (χ0v) is 18.7. The number of alkyl halides is 1. The van der Waals surface area contributed by atoms with Crippen LogP contribution in [0.3, 0.4) is 0 Å². The van der Waals surface area contributed by atoms with Crippen molar-refractivity contribution in [3.8, 4) is 5.75 Å². The molecule has 1 fully saturated rings. The van der Waals surface area contributed by atoms with Gasteiger partial charge in [0.05, 0.1) is 13.3 Å². The molecule has 32 heavy (non-hydrogen) atoms. The van der Waals surface area contributed by atoms with Gasteiger partial charge in [0.15, 0.2) is 0 Å². The molecule has 3 rings (SSSR count). The van der Waals surface area contributed by atoms with Crippen LogP contribution in [0.1, 0.15) is 31.4 Å². The minimum atomic E-state index is -0.525. The van der Waals surface area contributed by atoms with E-state index in [1.165, 1.54) is 12.1 Å². The van der Waals surface area contributed by atoms with Crippen molar-refractivity contribution in [1.29, 1.82) is 0 Å². The van der Waals surface area contributed by atoms with Crippen molar-refractivity contribution in [3.05, 3.63) is 65.5 Å². The lowest BCUT2D eigenvalue weighted by Gasteiger charge is -2.38. The summed E-state index contributed by atoms with van der Waals surface area (Å²) < 4.78 is 38.3. The lowest BCUT2D eigenvalue weighted by Crippen LogP contribution is -2.52. The molecule has 174 valence electrons. The Morgan fingerprint density at radius 1 is 1.12 bits per heavy atom. The van der Waals surface area contributed by atoms with E-state index in [1.807, 2.05) is 24.3 Å². The van der Waals surface area contributed by atoms with Gasteiger partial charge in [-0.05, 0) is 54.3 Å². The summed E-state index contributed by atoms with van der Waals surface area (Å²) in [5.41, 5.74) is 1.61. The summed E-state index contributed by atoms with van der Waals surface area (Å²) in [7, 11) is 0. The fourth-order valence-electron chi connectivity index (χ4n) is 3.75. The summed E-state index contributed by atoms with van der Waals surface area (Å²) in [6.07, 6.45) is 0.132. The number of hydrogen-bond donors (Lipinski definition) is 1. The molecule has 0 saturated carbocycles. The topological polar surface area (TPSA) is 50.8 Å². The maximum absolute atomic E-state index is 13.7. The van der Waals surface area contributed by atoms with Crippen LogP contribution in [0.4, 0.5) is 13.6 Å². The Bertz CT molecular complexity index is 843. The van der Waals surface area contributed by atoms with E-state index in [-0.39, 0.29) is 30.9 Å². The molecule has 1 aliphatic rings. The van der Waals surface area contributed by atoms with Crippen LogP contribution in [0.5, 0.6) is 5.75 Å². The highest BCUT2D eigenvalue weighted by Gasteiger charge is 2.34. The first kappa shape index (κ1) is 24.0. The summed E-state index contributed by atoms with van der Waals surface area (Å²) >= 11 is 0. The summed E-state index contributed by atoms with van der Waals surface area (Å²) in [4.78, 5) is 14.6. The number of halogens is 2. The molecule has 1 N–H and O–H groups in total. The van der Waals surface area contributed by atoms with Gasteiger partial charge in [0.25, 0.3) is 0 Å². The molecule has 0 aliphatic carbocycles. The lowest BCUT2D eigenvalue weighted by molar-refractivity contribution is 0.0492. The van der Waals surface area contributed by atoms with Crippen LogP contribution in [0.15, 0.2) is 48.5 Å². The molecule has 5 nitrogen and oxygen atoms in total. The van der Waals surface area contributed by atoms with Gasteiger partial charge < -0.3 is 19.7 Å². The fraction of sp³-hybridized carbons (Fsp3) is 0.480. The van der Waals surface area contributed by atoms with Gasteiger partial charge in [-0.2, -0.15) is 0 Å². The number of nitrogens with zero attached hydrogens (tertiary/aromatic N) is 1. The fourth-order valence-corrected chi connectivity index (χ4v) is 3.75. The van der Waals surface area contributed by atoms with E-state index in [1.54, 1.807) is 17.0 Å². The highest BCUT2D eigenvalue weighted by Crippen LogP contribution is 2.23.